The Morgan fingerprint density at radius 1 is 1.05 bits per heavy atom. The van der Waals surface area contributed by atoms with E-state index in [1.54, 1.807) is 0 Å². The van der Waals surface area contributed by atoms with Crippen LogP contribution in [0, 0.1) is 0 Å². The molecule has 104 valence electrons. The van der Waals surface area contributed by atoms with E-state index >= 15 is 0 Å². The van der Waals surface area contributed by atoms with E-state index in [2.05, 4.69) is 30.4 Å². The van der Waals surface area contributed by atoms with Gasteiger partial charge in [0.15, 0.2) is 0 Å². The summed E-state index contributed by atoms with van der Waals surface area (Å²) in [5.41, 5.74) is 3.92. The van der Waals surface area contributed by atoms with Crippen molar-refractivity contribution in [3.05, 3.63) is 69.2 Å². The van der Waals surface area contributed by atoms with Gasteiger partial charge in [-0.3, -0.25) is 0 Å². The van der Waals surface area contributed by atoms with E-state index in [0.717, 1.165) is 28.5 Å². The molecular weight excluding hydrogens is 289 g/mol. The van der Waals surface area contributed by atoms with Gasteiger partial charge < -0.3 is 5.32 Å². The molecular formula is C17H17Cl2N. The van der Waals surface area contributed by atoms with Crippen molar-refractivity contribution in [1.29, 1.82) is 0 Å². The Kier molecular flexibility index (Phi) is 4.02. The molecule has 0 aliphatic heterocycles. The third kappa shape index (κ3) is 2.85. The van der Waals surface area contributed by atoms with Crippen LogP contribution in [0.15, 0.2) is 42.5 Å². The number of halogens is 2. The summed E-state index contributed by atoms with van der Waals surface area (Å²) in [5.74, 6) is 0. The lowest BCUT2D eigenvalue weighted by molar-refractivity contribution is 0.467. The normalized spacial score (nSPS) is 18.9. The Morgan fingerprint density at radius 3 is 2.60 bits per heavy atom. The van der Waals surface area contributed by atoms with Gasteiger partial charge >= 0.3 is 0 Å². The lowest BCUT2D eigenvalue weighted by Gasteiger charge is -2.20. The van der Waals surface area contributed by atoms with Crippen molar-refractivity contribution in [3.8, 4) is 0 Å². The molecule has 1 aliphatic rings. The number of benzene rings is 2. The van der Waals surface area contributed by atoms with Crippen LogP contribution in [0.3, 0.4) is 0 Å². The molecule has 0 aromatic heterocycles. The minimum absolute atomic E-state index is 0.249. The van der Waals surface area contributed by atoms with E-state index in [-0.39, 0.29) is 6.04 Å². The minimum atomic E-state index is 0.249. The van der Waals surface area contributed by atoms with Crippen molar-refractivity contribution in [2.24, 2.45) is 0 Å². The van der Waals surface area contributed by atoms with Gasteiger partial charge in [-0.2, -0.15) is 0 Å². The fourth-order valence-corrected chi connectivity index (χ4v) is 3.47. The van der Waals surface area contributed by atoms with Crippen LogP contribution in [0.25, 0.3) is 0 Å². The highest BCUT2D eigenvalue weighted by Gasteiger charge is 2.23. The highest BCUT2D eigenvalue weighted by molar-refractivity contribution is 6.31. The van der Waals surface area contributed by atoms with Gasteiger partial charge in [0, 0.05) is 22.1 Å². The zero-order valence-electron chi connectivity index (χ0n) is 11.4. The largest absolute Gasteiger partial charge is 0.307 e. The second-order valence-corrected chi connectivity index (χ2v) is 6.27. The fourth-order valence-electron chi connectivity index (χ4n) is 2.97. The van der Waals surface area contributed by atoms with E-state index < -0.39 is 0 Å². The molecule has 0 amide bonds. The molecule has 1 unspecified atom stereocenters. The van der Waals surface area contributed by atoms with Crippen LogP contribution in [0.5, 0.6) is 0 Å². The summed E-state index contributed by atoms with van der Waals surface area (Å²) in [4.78, 5) is 0. The van der Waals surface area contributed by atoms with E-state index in [1.807, 2.05) is 24.3 Å². The molecule has 0 saturated heterocycles. The van der Waals surface area contributed by atoms with Gasteiger partial charge in [0.1, 0.15) is 0 Å². The van der Waals surface area contributed by atoms with Crippen LogP contribution in [0.1, 0.15) is 29.7 Å². The number of hydrogen-bond acceptors (Lipinski definition) is 1. The average molecular weight is 306 g/mol. The van der Waals surface area contributed by atoms with Gasteiger partial charge in [-0.15, -0.1) is 0 Å². The number of nitrogens with one attached hydrogen (secondary N) is 1. The Hall–Kier alpha value is -1.02. The molecule has 3 heteroatoms. The minimum Gasteiger partial charge on any atom is -0.307 e. The topological polar surface area (TPSA) is 12.0 Å². The molecule has 2 atom stereocenters. The maximum Gasteiger partial charge on any atom is 0.0453 e. The summed E-state index contributed by atoms with van der Waals surface area (Å²) in [5, 5.41) is 5.32. The van der Waals surface area contributed by atoms with Crippen LogP contribution in [0.2, 0.25) is 10.0 Å². The molecule has 0 fully saturated rings. The second kappa shape index (κ2) is 5.77. The summed E-state index contributed by atoms with van der Waals surface area (Å²) >= 11 is 12.3. The Bertz CT molecular complexity index is 624. The number of rotatable bonds is 3. The molecule has 1 aliphatic carbocycles. The van der Waals surface area contributed by atoms with Gasteiger partial charge in [-0.25, -0.2) is 0 Å². The molecule has 3 rings (SSSR count). The van der Waals surface area contributed by atoms with E-state index in [1.165, 1.54) is 11.1 Å². The first-order chi connectivity index (χ1) is 9.63. The molecule has 0 heterocycles. The zero-order valence-corrected chi connectivity index (χ0v) is 12.9. The number of fused-ring (bicyclic) bond motifs is 1. The Morgan fingerprint density at radius 2 is 1.80 bits per heavy atom. The van der Waals surface area contributed by atoms with Crippen LogP contribution in [-0.2, 0) is 12.8 Å². The maximum absolute atomic E-state index is 6.26. The SMILES string of the molecule is C[C@H](NC1Cc2ccc(Cl)cc2C1)c1ccccc1Cl. The second-order valence-electron chi connectivity index (χ2n) is 5.43. The van der Waals surface area contributed by atoms with Crippen molar-refractivity contribution in [2.45, 2.75) is 31.8 Å². The molecule has 20 heavy (non-hydrogen) atoms. The molecule has 1 N–H and O–H groups in total. The van der Waals surface area contributed by atoms with Crippen molar-refractivity contribution in [1.82, 2.24) is 5.32 Å². The molecule has 0 radical (unpaired) electrons. The quantitative estimate of drug-likeness (QED) is 0.858. The monoisotopic (exact) mass is 305 g/mol. The zero-order chi connectivity index (χ0) is 14.1. The van der Waals surface area contributed by atoms with Crippen molar-refractivity contribution in [3.63, 3.8) is 0 Å². The van der Waals surface area contributed by atoms with Gasteiger partial charge in [0.2, 0.25) is 0 Å². The Labute approximate surface area is 129 Å². The predicted molar refractivity (Wildman–Crippen MR) is 85.7 cm³/mol. The van der Waals surface area contributed by atoms with Gasteiger partial charge in [-0.05, 0) is 54.7 Å². The lowest BCUT2D eigenvalue weighted by atomic mass is 10.1. The van der Waals surface area contributed by atoms with Gasteiger partial charge in [0.25, 0.3) is 0 Å². The summed E-state index contributed by atoms with van der Waals surface area (Å²) in [6.07, 6.45) is 2.09. The highest BCUT2D eigenvalue weighted by atomic mass is 35.5. The molecule has 0 spiro atoms. The molecule has 2 aromatic rings. The van der Waals surface area contributed by atoms with Gasteiger partial charge in [-0.1, -0.05) is 47.5 Å². The first kappa shape index (κ1) is 13.9. The fraction of sp³-hybridized carbons (Fsp3) is 0.294. The van der Waals surface area contributed by atoms with Crippen LogP contribution in [0.4, 0.5) is 0 Å². The molecule has 0 bridgehead atoms. The van der Waals surface area contributed by atoms with Crippen molar-refractivity contribution in [2.75, 3.05) is 0 Å². The standard InChI is InChI=1S/C17H17Cl2N/c1-11(16-4-2-3-5-17(16)19)20-15-9-12-6-7-14(18)8-13(12)10-15/h2-8,11,15,20H,9-10H2,1H3/t11-,15?/m0/s1. The summed E-state index contributed by atoms with van der Waals surface area (Å²) in [7, 11) is 0. The highest BCUT2D eigenvalue weighted by Crippen LogP contribution is 2.28. The van der Waals surface area contributed by atoms with Crippen LogP contribution < -0.4 is 5.32 Å². The third-order valence-corrected chi connectivity index (χ3v) is 4.54. The summed E-state index contributed by atoms with van der Waals surface area (Å²) < 4.78 is 0. The Balaban J connectivity index is 1.70. The van der Waals surface area contributed by atoms with Crippen LogP contribution >= 0.6 is 23.2 Å². The van der Waals surface area contributed by atoms with Crippen molar-refractivity contribution < 1.29 is 0 Å². The molecule has 1 nitrogen and oxygen atoms in total. The third-order valence-electron chi connectivity index (χ3n) is 3.96. The van der Waals surface area contributed by atoms with E-state index in [0.29, 0.717) is 6.04 Å². The van der Waals surface area contributed by atoms with Gasteiger partial charge in [0.05, 0.1) is 0 Å². The summed E-state index contributed by atoms with van der Waals surface area (Å²) in [6, 6.07) is 14.9. The van der Waals surface area contributed by atoms with Crippen LogP contribution in [-0.4, -0.2) is 6.04 Å². The molecule has 2 aromatic carbocycles. The number of hydrogen-bond donors (Lipinski definition) is 1. The maximum atomic E-state index is 6.26. The smallest absolute Gasteiger partial charge is 0.0453 e. The summed E-state index contributed by atoms with van der Waals surface area (Å²) in [6.45, 7) is 2.16. The first-order valence-corrected chi connectivity index (χ1v) is 7.67. The average Bonchev–Trinajstić information content (AvgIpc) is 2.80. The van der Waals surface area contributed by atoms with E-state index in [4.69, 9.17) is 23.2 Å². The van der Waals surface area contributed by atoms with Crippen molar-refractivity contribution >= 4 is 23.2 Å². The lowest BCUT2D eigenvalue weighted by Crippen LogP contribution is -2.32. The first-order valence-electron chi connectivity index (χ1n) is 6.91. The molecule has 0 saturated carbocycles. The van der Waals surface area contributed by atoms with E-state index in [9.17, 15) is 0 Å². The predicted octanol–water partition coefficient (Wildman–Crippen LogP) is 4.81.